The average Bonchev–Trinajstić information content (AvgIpc) is 3.15. The molecule has 2 aromatic heterocycles. The minimum absolute atomic E-state index is 0.374. The number of thiophene rings is 2. The molecule has 0 amide bonds. The van der Waals surface area contributed by atoms with Crippen LogP contribution in [0.2, 0.25) is 0 Å². The van der Waals surface area contributed by atoms with E-state index in [1.807, 2.05) is 50.2 Å². The molecule has 3 rings (SSSR count). The molecule has 0 spiro atoms. The first-order valence-electron chi connectivity index (χ1n) is 6.99. The second kappa shape index (κ2) is 6.10. The van der Waals surface area contributed by atoms with Crippen molar-refractivity contribution < 1.29 is 14.7 Å². The molecule has 1 aromatic carbocycles. The number of carboxylic acids is 1. The molecule has 0 saturated carbocycles. The fourth-order valence-corrected chi connectivity index (χ4v) is 4.52. The Bertz CT molecular complexity index is 880. The molecule has 3 nitrogen and oxygen atoms in total. The lowest BCUT2D eigenvalue weighted by molar-refractivity contribution is 0.0695. The van der Waals surface area contributed by atoms with Gasteiger partial charge < -0.3 is 5.11 Å². The molecule has 0 saturated heterocycles. The van der Waals surface area contributed by atoms with Crippen molar-refractivity contribution in [1.82, 2.24) is 0 Å². The van der Waals surface area contributed by atoms with E-state index in [1.165, 1.54) is 11.3 Å². The summed E-state index contributed by atoms with van der Waals surface area (Å²) < 4.78 is 0. The lowest BCUT2D eigenvalue weighted by atomic mass is 9.99. The number of carbonyl (C=O) groups excluding carboxylic acids is 1. The fraction of sp³-hybridized carbons (Fsp3) is 0.111. The summed E-state index contributed by atoms with van der Waals surface area (Å²) in [5, 5.41) is 9.26. The quantitative estimate of drug-likeness (QED) is 0.657. The molecule has 0 atom stereocenters. The fourth-order valence-electron chi connectivity index (χ4n) is 2.62. The summed E-state index contributed by atoms with van der Waals surface area (Å²) in [7, 11) is 0. The molecule has 116 valence electrons. The van der Waals surface area contributed by atoms with E-state index >= 15 is 0 Å². The van der Waals surface area contributed by atoms with Gasteiger partial charge in [-0.05, 0) is 66.9 Å². The number of aldehydes is 1. The summed E-state index contributed by atoms with van der Waals surface area (Å²) in [4.78, 5) is 26.1. The number of aryl methyl sites for hydroxylation is 2. The van der Waals surface area contributed by atoms with Crippen LogP contribution in [0, 0.1) is 13.8 Å². The predicted molar refractivity (Wildman–Crippen MR) is 94.9 cm³/mol. The van der Waals surface area contributed by atoms with Crippen LogP contribution in [0.4, 0.5) is 0 Å². The normalized spacial score (nSPS) is 10.7. The van der Waals surface area contributed by atoms with Crippen LogP contribution in [-0.2, 0) is 0 Å². The third kappa shape index (κ3) is 2.98. The third-order valence-corrected chi connectivity index (χ3v) is 5.96. The summed E-state index contributed by atoms with van der Waals surface area (Å²) in [5.41, 5.74) is 2.93. The molecule has 0 bridgehead atoms. The Morgan fingerprint density at radius 3 is 2.09 bits per heavy atom. The number of hydrogen-bond donors (Lipinski definition) is 1. The molecule has 0 aliphatic rings. The molecule has 5 heteroatoms. The van der Waals surface area contributed by atoms with Gasteiger partial charge >= 0.3 is 5.97 Å². The van der Waals surface area contributed by atoms with Gasteiger partial charge in [0.05, 0.1) is 10.4 Å². The summed E-state index contributed by atoms with van der Waals surface area (Å²) in [5.74, 6) is -0.890. The highest BCUT2D eigenvalue weighted by molar-refractivity contribution is 7.24. The van der Waals surface area contributed by atoms with Crippen LogP contribution in [0.5, 0.6) is 0 Å². The van der Waals surface area contributed by atoms with Crippen LogP contribution in [0.25, 0.3) is 20.2 Å². The Balaban J connectivity index is 2.00. The number of rotatable bonds is 4. The van der Waals surface area contributed by atoms with E-state index in [0.717, 1.165) is 37.6 Å². The molecule has 0 aliphatic carbocycles. The Kier molecular flexibility index (Phi) is 4.15. The van der Waals surface area contributed by atoms with Crippen LogP contribution in [-0.4, -0.2) is 17.4 Å². The molecule has 3 aromatic rings. The van der Waals surface area contributed by atoms with Crippen molar-refractivity contribution in [3.05, 3.63) is 58.0 Å². The highest BCUT2D eigenvalue weighted by Gasteiger charge is 2.14. The van der Waals surface area contributed by atoms with Crippen LogP contribution in [0.1, 0.15) is 31.2 Å². The van der Waals surface area contributed by atoms with E-state index < -0.39 is 5.97 Å². The Morgan fingerprint density at radius 2 is 1.52 bits per heavy atom. The summed E-state index contributed by atoms with van der Waals surface area (Å²) in [6.45, 7) is 3.65. The van der Waals surface area contributed by atoms with E-state index in [0.29, 0.717) is 10.4 Å². The zero-order chi connectivity index (χ0) is 16.6. The third-order valence-electron chi connectivity index (χ3n) is 3.62. The number of benzene rings is 1. The summed E-state index contributed by atoms with van der Waals surface area (Å²) in [6.07, 6.45) is 0.861. The molecule has 0 unspecified atom stereocenters. The minimum atomic E-state index is -0.890. The smallest absolute Gasteiger partial charge is 0.336 e. The molecule has 1 N–H and O–H groups in total. The zero-order valence-electron chi connectivity index (χ0n) is 12.6. The Labute approximate surface area is 141 Å². The molecule has 0 fully saturated rings. The van der Waals surface area contributed by atoms with Gasteiger partial charge in [-0.25, -0.2) is 4.79 Å². The average molecular weight is 342 g/mol. The van der Waals surface area contributed by atoms with Crippen molar-refractivity contribution >= 4 is 34.9 Å². The topological polar surface area (TPSA) is 54.4 Å². The standard InChI is InChI=1S/C18H14O3S2/c1-10-7-12(8-11(2)17(10)18(20)21)14-5-6-16(23-14)15-4-3-13(9-19)22-15/h3-9H,1-2H3,(H,20,21). The van der Waals surface area contributed by atoms with Crippen molar-refractivity contribution in [2.24, 2.45) is 0 Å². The molecular formula is C18H14O3S2. The van der Waals surface area contributed by atoms with E-state index in [-0.39, 0.29) is 0 Å². The molecule has 0 radical (unpaired) electrons. The van der Waals surface area contributed by atoms with Gasteiger partial charge in [0.2, 0.25) is 0 Å². The van der Waals surface area contributed by atoms with Gasteiger partial charge in [0.15, 0.2) is 6.29 Å². The summed E-state index contributed by atoms with van der Waals surface area (Å²) in [6, 6.07) is 11.7. The molecule has 2 heterocycles. The molecular weight excluding hydrogens is 328 g/mol. The van der Waals surface area contributed by atoms with E-state index in [2.05, 4.69) is 0 Å². The van der Waals surface area contributed by atoms with Crippen molar-refractivity contribution in [3.63, 3.8) is 0 Å². The lowest BCUT2D eigenvalue weighted by Crippen LogP contribution is -2.03. The maximum absolute atomic E-state index is 11.3. The zero-order valence-corrected chi connectivity index (χ0v) is 14.3. The first-order chi connectivity index (χ1) is 11.0. The largest absolute Gasteiger partial charge is 0.478 e. The summed E-state index contributed by atoms with van der Waals surface area (Å²) >= 11 is 3.11. The van der Waals surface area contributed by atoms with E-state index in [4.69, 9.17) is 0 Å². The van der Waals surface area contributed by atoms with Gasteiger partial charge in [-0.2, -0.15) is 0 Å². The van der Waals surface area contributed by atoms with Crippen molar-refractivity contribution in [2.45, 2.75) is 13.8 Å². The molecule has 0 aliphatic heterocycles. The van der Waals surface area contributed by atoms with E-state index in [1.54, 1.807) is 11.3 Å². The highest BCUT2D eigenvalue weighted by Crippen LogP contribution is 2.38. The number of aromatic carboxylic acids is 1. The van der Waals surface area contributed by atoms with Gasteiger partial charge in [0.25, 0.3) is 0 Å². The first kappa shape index (κ1) is 15.6. The van der Waals surface area contributed by atoms with Gasteiger partial charge in [-0.1, -0.05) is 0 Å². The van der Waals surface area contributed by atoms with Gasteiger partial charge in [0, 0.05) is 14.6 Å². The number of hydrogen-bond acceptors (Lipinski definition) is 4. The first-order valence-corrected chi connectivity index (χ1v) is 8.63. The monoisotopic (exact) mass is 342 g/mol. The van der Waals surface area contributed by atoms with Crippen molar-refractivity contribution in [1.29, 1.82) is 0 Å². The maximum Gasteiger partial charge on any atom is 0.336 e. The number of carbonyl (C=O) groups is 2. The second-order valence-corrected chi connectivity index (χ2v) is 7.47. The highest BCUT2D eigenvalue weighted by atomic mass is 32.1. The maximum atomic E-state index is 11.3. The van der Waals surface area contributed by atoms with Crippen LogP contribution in [0.3, 0.4) is 0 Å². The predicted octanol–water partition coefficient (Wildman–Crippen LogP) is 5.27. The van der Waals surface area contributed by atoms with Crippen molar-refractivity contribution in [3.8, 4) is 20.2 Å². The number of carboxylic acid groups (broad SMARTS) is 1. The van der Waals surface area contributed by atoms with Gasteiger partial charge in [-0.3, -0.25) is 4.79 Å². The van der Waals surface area contributed by atoms with Crippen LogP contribution >= 0.6 is 22.7 Å². The van der Waals surface area contributed by atoms with E-state index in [9.17, 15) is 14.7 Å². The van der Waals surface area contributed by atoms with Crippen LogP contribution < -0.4 is 0 Å². The van der Waals surface area contributed by atoms with Crippen LogP contribution in [0.15, 0.2) is 36.4 Å². The minimum Gasteiger partial charge on any atom is -0.478 e. The van der Waals surface area contributed by atoms with Crippen molar-refractivity contribution in [2.75, 3.05) is 0 Å². The lowest BCUT2D eigenvalue weighted by Gasteiger charge is -2.08. The molecule has 23 heavy (non-hydrogen) atoms. The van der Waals surface area contributed by atoms with Gasteiger partial charge in [-0.15, -0.1) is 22.7 Å². The second-order valence-electron chi connectivity index (χ2n) is 5.27. The Hall–Kier alpha value is -2.24. The van der Waals surface area contributed by atoms with Gasteiger partial charge in [0.1, 0.15) is 0 Å². The SMILES string of the molecule is Cc1cc(-c2ccc(-c3ccc(C=O)s3)s2)cc(C)c1C(=O)O. The Morgan fingerprint density at radius 1 is 0.957 bits per heavy atom.